The highest BCUT2D eigenvalue weighted by molar-refractivity contribution is 6.33. The van der Waals surface area contributed by atoms with E-state index < -0.39 is 11.4 Å². The summed E-state index contributed by atoms with van der Waals surface area (Å²) in [6.07, 6.45) is 2.54. The molecule has 0 saturated carbocycles. The van der Waals surface area contributed by atoms with Crippen molar-refractivity contribution in [3.8, 4) is 0 Å². The lowest BCUT2D eigenvalue weighted by Gasteiger charge is -2.37. The molecule has 0 aromatic heterocycles. The fourth-order valence-electron chi connectivity index (χ4n) is 2.66. The van der Waals surface area contributed by atoms with Crippen molar-refractivity contribution in [2.75, 3.05) is 18.4 Å². The van der Waals surface area contributed by atoms with E-state index in [9.17, 15) is 9.18 Å². The molecule has 6 heteroatoms. The Balaban J connectivity index is 2.03. The number of anilines is 1. The number of para-hydroxylation sites is 1. The molecule has 23 heavy (non-hydrogen) atoms. The highest BCUT2D eigenvalue weighted by Crippen LogP contribution is 2.26. The van der Waals surface area contributed by atoms with E-state index in [0.717, 1.165) is 19.3 Å². The summed E-state index contributed by atoms with van der Waals surface area (Å²) in [6, 6.07) is 4.53. The minimum atomic E-state index is -0.526. The number of rotatable bonds is 3. The normalized spacial score (nSPS) is 18.7. The predicted molar refractivity (Wildman–Crippen MR) is 90.5 cm³/mol. The Morgan fingerprint density at radius 2 is 2.17 bits per heavy atom. The molecule has 1 unspecified atom stereocenters. The Labute approximate surface area is 141 Å². The quantitative estimate of drug-likeness (QED) is 0.867. The fourth-order valence-corrected chi connectivity index (χ4v) is 2.89. The molecule has 1 N–H and O–H groups in total. The lowest BCUT2D eigenvalue weighted by atomic mass is 10.0. The van der Waals surface area contributed by atoms with E-state index in [1.54, 1.807) is 17.0 Å². The highest BCUT2D eigenvalue weighted by atomic mass is 35.5. The summed E-state index contributed by atoms with van der Waals surface area (Å²) in [4.78, 5) is 14.1. The highest BCUT2D eigenvalue weighted by Gasteiger charge is 2.30. The van der Waals surface area contributed by atoms with E-state index in [1.807, 2.05) is 20.8 Å². The van der Waals surface area contributed by atoms with Crippen molar-refractivity contribution in [1.29, 1.82) is 0 Å². The van der Waals surface area contributed by atoms with Crippen molar-refractivity contribution in [3.63, 3.8) is 0 Å². The molecule has 4 nitrogen and oxygen atoms in total. The average Bonchev–Trinajstić information content (AvgIpc) is 2.45. The summed E-state index contributed by atoms with van der Waals surface area (Å²) in [7, 11) is 0. The summed E-state index contributed by atoms with van der Waals surface area (Å²) in [6.45, 7) is 6.65. The maximum atomic E-state index is 13.8. The van der Waals surface area contributed by atoms with Gasteiger partial charge >= 0.3 is 6.09 Å². The molecule has 1 amide bonds. The summed E-state index contributed by atoms with van der Waals surface area (Å²) >= 11 is 6.03. The third-order valence-electron chi connectivity index (χ3n) is 3.73. The number of ether oxygens (including phenoxy) is 1. The number of benzene rings is 1. The fraction of sp³-hybridized carbons (Fsp3) is 0.588. The van der Waals surface area contributed by atoms with Crippen molar-refractivity contribution in [2.45, 2.75) is 51.7 Å². The van der Waals surface area contributed by atoms with Crippen LogP contribution in [0.4, 0.5) is 14.9 Å². The van der Waals surface area contributed by atoms with E-state index in [1.165, 1.54) is 6.07 Å². The van der Waals surface area contributed by atoms with Crippen molar-refractivity contribution >= 4 is 23.4 Å². The van der Waals surface area contributed by atoms with Crippen LogP contribution >= 0.6 is 11.6 Å². The van der Waals surface area contributed by atoms with Crippen molar-refractivity contribution in [2.24, 2.45) is 0 Å². The van der Waals surface area contributed by atoms with Crippen LogP contribution in [0.2, 0.25) is 5.02 Å². The van der Waals surface area contributed by atoms with Crippen LogP contribution in [0.15, 0.2) is 18.2 Å². The Hall–Kier alpha value is -1.49. The first-order valence-electron chi connectivity index (χ1n) is 7.95. The zero-order valence-electron chi connectivity index (χ0n) is 13.9. The van der Waals surface area contributed by atoms with Crippen LogP contribution < -0.4 is 5.32 Å². The Morgan fingerprint density at radius 1 is 1.43 bits per heavy atom. The number of piperidine rings is 1. The second kappa shape index (κ2) is 7.39. The van der Waals surface area contributed by atoms with Crippen LogP contribution in [0.1, 0.15) is 40.0 Å². The van der Waals surface area contributed by atoms with Gasteiger partial charge in [0.05, 0.1) is 16.8 Å². The van der Waals surface area contributed by atoms with Crippen LogP contribution in [0, 0.1) is 5.82 Å². The number of halogens is 2. The molecular weight excluding hydrogens is 319 g/mol. The van der Waals surface area contributed by atoms with Gasteiger partial charge in [0.2, 0.25) is 0 Å². The molecule has 1 aromatic rings. The molecule has 1 aromatic carbocycles. The van der Waals surface area contributed by atoms with Crippen molar-refractivity contribution < 1.29 is 13.9 Å². The van der Waals surface area contributed by atoms with Gasteiger partial charge in [0.25, 0.3) is 0 Å². The monoisotopic (exact) mass is 342 g/mol. The lowest BCUT2D eigenvalue weighted by Crippen LogP contribution is -2.48. The first-order chi connectivity index (χ1) is 10.8. The predicted octanol–water partition coefficient (Wildman–Crippen LogP) is 4.68. The van der Waals surface area contributed by atoms with Gasteiger partial charge in [-0.05, 0) is 52.2 Å². The Bertz CT molecular complexity index is 540. The van der Waals surface area contributed by atoms with Gasteiger partial charge in [-0.1, -0.05) is 17.7 Å². The van der Waals surface area contributed by atoms with Crippen LogP contribution in [-0.4, -0.2) is 35.7 Å². The molecule has 0 bridgehead atoms. The number of amides is 1. The Kier molecular flexibility index (Phi) is 5.74. The topological polar surface area (TPSA) is 41.6 Å². The molecule has 0 aliphatic carbocycles. The van der Waals surface area contributed by atoms with Crippen molar-refractivity contribution in [1.82, 2.24) is 4.90 Å². The van der Waals surface area contributed by atoms with E-state index in [4.69, 9.17) is 16.3 Å². The van der Waals surface area contributed by atoms with Crippen LogP contribution in [-0.2, 0) is 4.74 Å². The molecule has 2 rings (SSSR count). The van der Waals surface area contributed by atoms with Gasteiger partial charge in [0, 0.05) is 13.1 Å². The van der Waals surface area contributed by atoms with E-state index in [2.05, 4.69) is 5.32 Å². The standard InChI is InChI=1S/C17H24ClFN2O2/c1-17(2,3)23-16(22)21-10-5-4-7-12(21)11-20-15-13(18)8-6-9-14(15)19/h6,8-9,12,20H,4-5,7,10-11H2,1-3H3. The van der Waals surface area contributed by atoms with Crippen LogP contribution in [0.3, 0.4) is 0 Å². The zero-order chi connectivity index (χ0) is 17.0. The third-order valence-corrected chi connectivity index (χ3v) is 4.05. The summed E-state index contributed by atoms with van der Waals surface area (Å²) in [5, 5.41) is 3.38. The van der Waals surface area contributed by atoms with E-state index in [0.29, 0.717) is 18.1 Å². The minimum absolute atomic E-state index is 0.0331. The van der Waals surface area contributed by atoms with Gasteiger partial charge < -0.3 is 15.0 Å². The molecule has 1 aliphatic heterocycles. The van der Waals surface area contributed by atoms with Gasteiger partial charge in [0.15, 0.2) is 0 Å². The summed E-state index contributed by atoms with van der Waals surface area (Å²) < 4.78 is 19.3. The van der Waals surface area contributed by atoms with Crippen LogP contribution in [0.5, 0.6) is 0 Å². The van der Waals surface area contributed by atoms with Gasteiger partial charge in [0.1, 0.15) is 11.4 Å². The van der Waals surface area contributed by atoms with Gasteiger partial charge in [-0.25, -0.2) is 9.18 Å². The minimum Gasteiger partial charge on any atom is -0.444 e. The van der Waals surface area contributed by atoms with E-state index >= 15 is 0 Å². The smallest absolute Gasteiger partial charge is 0.410 e. The first-order valence-corrected chi connectivity index (χ1v) is 8.33. The largest absolute Gasteiger partial charge is 0.444 e. The van der Waals surface area contributed by atoms with E-state index in [-0.39, 0.29) is 17.8 Å². The lowest BCUT2D eigenvalue weighted by molar-refractivity contribution is 0.0114. The maximum Gasteiger partial charge on any atom is 0.410 e. The number of likely N-dealkylation sites (tertiary alicyclic amines) is 1. The summed E-state index contributed by atoms with van der Waals surface area (Å²) in [5.74, 6) is -0.392. The number of carbonyl (C=O) groups is 1. The second-order valence-corrected chi connectivity index (χ2v) is 7.21. The molecule has 128 valence electrons. The third kappa shape index (κ3) is 4.99. The molecule has 1 heterocycles. The maximum absolute atomic E-state index is 13.8. The molecular formula is C17H24ClFN2O2. The SMILES string of the molecule is CC(C)(C)OC(=O)N1CCCCC1CNc1c(F)cccc1Cl. The second-order valence-electron chi connectivity index (χ2n) is 6.80. The summed E-state index contributed by atoms with van der Waals surface area (Å²) in [5.41, 5.74) is -0.245. The van der Waals surface area contributed by atoms with Gasteiger partial charge in [-0.2, -0.15) is 0 Å². The van der Waals surface area contributed by atoms with Crippen LogP contribution in [0.25, 0.3) is 0 Å². The number of hydrogen-bond donors (Lipinski definition) is 1. The molecule has 0 spiro atoms. The van der Waals surface area contributed by atoms with Crippen molar-refractivity contribution in [3.05, 3.63) is 29.0 Å². The Morgan fingerprint density at radius 3 is 2.83 bits per heavy atom. The molecule has 1 aliphatic rings. The molecule has 0 radical (unpaired) electrons. The number of nitrogens with one attached hydrogen (secondary N) is 1. The molecule has 1 atom stereocenters. The number of carbonyl (C=O) groups excluding carboxylic acids is 1. The number of nitrogens with zero attached hydrogens (tertiary/aromatic N) is 1. The molecule has 1 saturated heterocycles. The zero-order valence-corrected chi connectivity index (χ0v) is 14.6. The number of hydrogen-bond acceptors (Lipinski definition) is 3. The average molecular weight is 343 g/mol. The van der Waals surface area contributed by atoms with Gasteiger partial charge in [-0.3, -0.25) is 0 Å². The molecule has 1 fully saturated rings. The van der Waals surface area contributed by atoms with Gasteiger partial charge in [-0.15, -0.1) is 0 Å². The first kappa shape index (κ1) is 17.9.